The van der Waals surface area contributed by atoms with Crippen molar-refractivity contribution in [3.05, 3.63) is 72.9 Å². The molecule has 0 bridgehead atoms. The lowest BCUT2D eigenvalue weighted by Crippen LogP contribution is -2.34. The first-order valence-corrected chi connectivity index (χ1v) is 23.6. The van der Waals surface area contributed by atoms with Crippen LogP contribution in [-0.2, 0) is 37.5 Å². The van der Waals surface area contributed by atoms with Crippen molar-refractivity contribution in [1.82, 2.24) is 0 Å². The van der Waals surface area contributed by atoms with Crippen LogP contribution in [0, 0.1) is 0 Å². The van der Waals surface area contributed by atoms with Crippen LogP contribution in [0.3, 0.4) is 0 Å². The second-order valence-corrected chi connectivity index (χ2v) is 16.1. The number of aliphatic hydroxyl groups excluding tert-OH is 1. The summed E-state index contributed by atoms with van der Waals surface area (Å²) in [5, 5.41) is 19.0. The highest BCUT2D eigenvalue weighted by atomic mass is 31.2. The van der Waals surface area contributed by atoms with Crippen LogP contribution < -0.4 is 5.73 Å². The van der Waals surface area contributed by atoms with Crippen molar-refractivity contribution in [2.45, 2.75) is 180 Å². The van der Waals surface area contributed by atoms with E-state index < -0.39 is 63.8 Å². The highest BCUT2D eigenvalue weighted by Crippen LogP contribution is 2.43. The van der Waals surface area contributed by atoms with E-state index >= 15 is 0 Å². The second kappa shape index (κ2) is 40.3. The molecule has 0 amide bonds. The number of unbranched alkanes of at least 4 members (excludes halogenated alkanes) is 14. The first-order valence-electron chi connectivity index (χ1n) is 22.1. The van der Waals surface area contributed by atoms with Gasteiger partial charge in [0.05, 0.1) is 19.3 Å². The Hall–Kier alpha value is -3.12. The van der Waals surface area contributed by atoms with Crippen LogP contribution in [0.1, 0.15) is 162 Å². The Morgan fingerprint density at radius 3 is 1.71 bits per heavy atom. The third kappa shape index (κ3) is 40.1. The van der Waals surface area contributed by atoms with Gasteiger partial charge in [-0.1, -0.05) is 145 Å². The number of carboxylic acids is 1. The number of carboxylic acid groups (broad SMARTS) is 1. The molecule has 0 fully saturated rings. The molecule has 0 aromatic rings. The zero-order valence-electron chi connectivity index (χ0n) is 36.2. The molecule has 0 heterocycles. The number of hydrogen-bond acceptors (Lipinski definition) is 10. The van der Waals surface area contributed by atoms with Crippen LogP contribution in [0.2, 0.25) is 0 Å². The van der Waals surface area contributed by atoms with E-state index in [1.807, 2.05) is 18.2 Å². The molecule has 338 valence electrons. The number of carbonyl (C=O) groups excluding carboxylic acids is 2. The molecule has 0 aliphatic heterocycles. The number of hydrogen-bond donors (Lipinski definition) is 4. The Kier molecular flexibility index (Phi) is 38.2. The summed E-state index contributed by atoms with van der Waals surface area (Å²) in [7, 11) is -4.75. The van der Waals surface area contributed by atoms with Gasteiger partial charge < -0.3 is 30.3 Å². The summed E-state index contributed by atoms with van der Waals surface area (Å²) >= 11 is 0. The molecule has 0 rings (SSSR count). The fourth-order valence-corrected chi connectivity index (χ4v) is 6.24. The molecule has 0 aliphatic carbocycles. The Morgan fingerprint density at radius 2 is 1.12 bits per heavy atom. The monoisotopic (exact) mass is 852 g/mol. The van der Waals surface area contributed by atoms with Crippen molar-refractivity contribution in [2.24, 2.45) is 5.73 Å². The number of esters is 2. The molecule has 0 saturated carbocycles. The average Bonchev–Trinajstić information content (AvgIpc) is 3.21. The van der Waals surface area contributed by atoms with Crippen LogP contribution >= 0.6 is 7.82 Å². The number of aliphatic hydroxyl groups is 1. The summed E-state index contributed by atoms with van der Waals surface area (Å²) < 4.78 is 32.6. The van der Waals surface area contributed by atoms with Gasteiger partial charge in [-0.3, -0.25) is 23.4 Å². The Labute approximate surface area is 355 Å². The maximum atomic E-state index is 12.6. The van der Waals surface area contributed by atoms with Crippen LogP contribution in [0.15, 0.2) is 72.9 Å². The van der Waals surface area contributed by atoms with Gasteiger partial charge in [0.1, 0.15) is 12.6 Å². The topological polar surface area (TPSA) is 192 Å². The lowest BCUT2D eigenvalue weighted by atomic mass is 10.1. The van der Waals surface area contributed by atoms with Crippen LogP contribution in [0.25, 0.3) is 0 Å². The smallest absolute Gasteiger partial charge is 0.472 e. The molecule has 0 aromatic heterocycles. The predicted molar refractivity (Wildman–Crippen MR) is 237 cm³/mol. The maximum absolute atomic E-state index is 12.6. The Morgan fingerprint density at radius 1 is 0.610 bits per heavy atom. The largest absolute Gasteiger partial charge is 0.480 e. The molecule has 0 spiro atoms. The van der Waals surface area contributed by atoms with Gasteiger partial charge in [-0.15, -0.1) is 0 Å². The van der Waals surface area contributed by atoms with Gasteiger partial charge >= 0.3 is 25.7 Å². The third-order valence-corrected chi connectivity index (χ3v) is 9.96. The summed E-state index contributed by atoms with van der Waals surface area (Å²) in [4.78, 5) is 46.0. The molecule has 5 N–H and O–H groups in total. The van der Waals surface area contributed by atoms with Crippen molar-refractivity contribution < 1.29 is 52.6 Å². The van der Waals surface area contributed by atoms with Crippen molar-refractivity contribution in [2.75, 3.05) is 19.8 Å². The van der Waals surface area contributed by atoms with Crippen molar-refractivity contribution in [3.8, 4) is 0 Å². The Bertz CT molecular complexity index is 1290. The van der Waals surface area contributed by atoms with Gasteiger partial charge in [-0.2, -0.15) is 0 Å². The minimum absolute atomic E-state index is 0.0816. The predicted octanol–water partition coefficient (Wildman–Crippen LogP) is 10.7. The van der Waals surface area contributed by atoms with Crippen LogP contribution in [0.4, 0.5) is 0 Å². The second-order valence-electron chi connectivity index (χ2n) is 14.7. The maximum Gasteiger partial charge on any atom is 0.472 e. The summed E-state index contributed by atoms with van der Waals surface area (Å²) in [6.07, 6.45) is 44.2. The molecule has 4 atom stereocenters. The van der Waals surface area contributed by atoms with Gasteiger partial charge in [-0.25, -0.2) is 4.57 Å². The van der Waals surface area contributed by atoms with E-state index in [-0.39, 0.29) is 12.8 Å². The summed E-state index contributed by atoms with van der Waals surface area (Å²) in [5.41, 5.74) is 5.32. The minimum atomic E-state index is -4.75. The molecule has 0 aliphatic rings. The number of phosphoric ester groups is 1. The molecule has 2 unspecified atom stereocenters. The average molecular weight is 852 g/mol. The van der Waals surface area contributed by atoms with Crippen molar-refractivity contribution in [3.63, 3.8) is 0 Å². The summed E-state index contributed by atoms with van der Waals surface area (Å²) in [6.45, 7) is 2.58. The van der Waals surface area contributed by atoms with Gasteiger partial charge in [0.15, 0.2) is 6.10 Å². The molecular formula is C46H78NO11P. The van der Waals surface area contributed by atoms with E-state index in [2.05, 4.69) is 54.8 Å². The molecular weight excluding hydrogens is 773 g/mol. The molecule has 0 saturated heterocycles. The van der Waals surface area contributed by atoms with E-state index in [0.717, 1.165) is 64.2 Å². The SMILES string of the molecule is CCCCC/C=C\C/C=C\CCCCCCCCCC(=O)O[C@H](COC(=O)CCC/C=C/C=C\C(O)C/C=C\C/C=C\CCCCC)COP(=O)(O)OC[C@H](N)C(=O)O. The molecule has 12 nitrogen and oxygen atoms in total. The molecule has 0 radical (unpaired) electrons. The molecule has 0 aromatic carbocycles. The lowest BCUT2D eigenvalue weighted by molar-refractivity contribution is -0.161. The van der Waals surface area contributed by atoms with Crippen LogP contribution in [-0.4, -0.2) is 71.1 Å². The number of carbonyl (C=O) groups is 3. The van der Waals surface area contributed by atoms with E-state index in [4.69, 9.17) is 24.8 Å². The zero-order chi connectivity index (χ0) is 43.7. The fourth-order valence-electron chi connectivity index (χ4n) is 5.46. The molecule has 13 heteroatoms. The number of phosphoric acid groups is 1. The standard InChI is InChI=1S/C46H78NO11P/c1-3-5-7-9-11-13-14-15-16-17-18-19-20-22-24-28-33-37-45(50)58-42(39-56-59(53,54)57-40-43(47)46(51)52)38-55-44(49)36-32-29-25-27-31-35-41(48)34-30-26-23-21-12-10-8-6-4-2/h11-13,15-16,21,25-27,30-31,35,41-43,48H,3-10,14,17-20,22-24,28-29,32-34,36-40,47H2,1-2H3,(H,51,52)(H,53,54)/b13-11-,16-15-,21-12-,27-25+,30-26-,35-31-/t41?,42-,43+/m1/s1. The van der Waals surface area contributed by atoms with Crippen molar-refractivity contribution >= 4 is 25.7 Å². The van der Waals surface area contributed by atoms with E-state index in [1.165, 1.54) is 44.9 Å². The highest BCUT2D eigenvalue weighted by molar-refractivity contribution is 7.47. The highest BCUT2D eigenvalue weighted by Gasteiger charge is 2.28. The number of aliphatic carboxylic acids is 1. The quantitative estimate of drug-likeness (QED) is 0.0150. The normalized spacial score (nSPS) is 14.9. The number of ether oxygens (including phenoxy) is 2. The number of allylic oxidation sites excluding steroid dienone is 10. The van der Waals surface area contributed by atoms with Crippen LogP contribution in [0.5, 0.6) is 0 Å². The summed E-state index contributed by atoms with van der Waals surface area (Å²) in [6, 6.07) is -1.55. The first-order chi connectivity index (χ1) is 28.5. The third-order valence-electron chi connectivity index (χ3n) is 9.01. The lowest BCUT2D eigenvalue weighted by Gasteiger charge is -2.20. The first kappa shape index (κ1) is 55.9. The van der Waals surface area contributed by atoms with Gasteiger partial charge in [0.25, 0.3) is 0 Å². The minimum Gasteiger partial charge on any atom is -0.480 e. The molecule has 59 heavy (non-hydrogen) atoms. The van der Waals surface area contributed by atoms with E-state index in [1.54, 1.807) is 18.2 Å². The van der Waals surface area contributed by atoms with E-state index in [9.17, 15) is 28.9 Å². The van der Waals surface area contributed by atoms with Gasteiger partial charge in [0, 0.05) is 12.8 Å². The summed E-state index contributed by atoms with van der Waals surface area (Å²) in [5.74, 6) is -2.54. The van der Waals surface area contributed by atoms with Gasteiger partial charge in [-0.05, 0) is 77.0 Å². The Balaban J connectivity index is 4.55. The zero-order valence-corrected chi connectivity index (χ0v) is 37.1. The van der Waals surface area contributed by atoms with E-state index in [0.29, 0.717) is 25.7 Å². The fraction of sp³-hybridized carbons (Fsp3) is 0.674. The van der Waals surface area contributed by atoms with Gasteiger partial charge in [0.2, 0.25) is 0 Å². The number of nitrogens with two attached hydrogens (primary N) is 1. The number of rotatable bonds is 40. The van der Waals surface area contributed by atoms with Crippen molar-refractivity contribution in [1.29, 1.82) is 0 Å².